The highest BCUT2D eigenvalue weighted by molar-refractivity contribution is 5.05. The van der Waals surface area contributed by atoms with Gasteiger partial charge in [0.25, 0.3) is 0 Å². The molecule has 2 aliphatic heterocycles. The summed E-state index contributed by atoms with van der Waals surface area (Å²) in [6.07, 6.45) is -1.18. The molecule has 0 radical (unpaired) electrons. The normalized spacial score (nSPS) is 41.8. The first-order chi connectivity index (χ1) is 5.54. The van der Waals surface area contributed by atoms with Crippen LogP contribution in [0.15, 0.2) is 0 Å². The molecule has 1 N–H and O–H groups in total. The standard InChI is InChI=1S/C8H12F3N/c9-8(10,11)7-4-1-2-6(12-7)3-5-7/h6,12H,1-5H2. The fraction of sp³-hybridized carbons (Fsp3) is 1.00. The van der Waals surface area contributed by atoms with Crippen molar-refractivity contribution in [1.82, 2.24) is 5.32 Å². The van der Waals surface area contributed by atoms with Crippen LogP contribution in [0.2, 0.25) is 0 Å². The summed E-state index contributed by atoms with van der Waals surface area (Å²) >= 11 is 0. The molecule has 0 aromatic carbocycles. The van der Waals surface area contributed by atoms with Gasteiger partial charge in [-0.3, -0.25) is 0 Å². The molecule has 2 aliphatic rings. The van der Waals surface area contributed by atoms with Crippen molar-refractivity contribution in [3.63, 3.8) is 0 Å². The molecule has 2 atom stereocenters. The van der Waals surface area contributed by atoms with Crippen molar-refractivity contribution >= 4 is 0 Å². The number of rotatable bonds is 0. The predicted molar refractivity (Wildman–Crippen MR) is 38.8 cm³/mol. The van der Waals surface area contributed by atoms with Crippen LogP contribution in [-0.4, -0.2) is 17.8 Å². The van der Waals surface area contributed by atoms with Gasteiger partial charge >= 0.3 is 6.18 Å². The van der Waals surface area contributed by atoms with Gasteiger partial charge in [0.05, 0.1) is 0 Å². The molecule has 12 heavy (non-hydrogen) atoms. The van der Waals surface area contributed by atoms with Crippen LogP contribution in [0.25, 0.3) is 0 Å². The van der Waals surface area contributed by atoms with Crippen molar-refractivity contribution in [3.05, 3.63) is 0 Å². The molecule has 0 aliphatic carbocycles. The van der Waals surface area contributed by atoms with Crippen molar-refractivity contribution < 1.29 is 13.2 Å². The SMILES string of the molecule is FC(F)(F)C12CCCC(CC1)N2. The maximum absolute atomic E-state index is 12.6. The van der Waals surface area contributed by atoms with Gasteiger partial charge in [-0.05, 0) is 32.1 Å². The minimum Gasteiger partial charge on any atom is -0.301 e. The number of piperidine rings is 1. The number of fused-ring (bicyclic) bond motifs is 2. The molecule has 0 aromatic rings. The lowest BCUT2D eigenvalue weighted by molar-refractivity contribution is -0.198. The Kier molecular flexibility index (Phi) is 1.65. The second-order valence-electron chi connectivity index (χ2n) is 3.85. The molecule has 4 heteroatoms. The molecule has 2 heterocycles. The molecule has 0 spiro atoms. The van der Waals surface area contributed by atoms with E-state index >= 15 is 0 Å². The van der Waals surface area contributed by atoms with Gasteiger partial charge in [-0.25, -0.2) is 0 Å². The van der Waals surface area contributed by atoms with Gasteiger partial charge < -0.3 is 5.32 Å². The Bertz CT molecular complexity index is 185. The predicted octanol–water partition coefficient (Wildman–Crippen LogP) is 2.22. The summed E-state index contributed by atoms with van der Waals surface area (Å²) in [6, 6.07) is 0.125. The molecule has 1 nitrogen and oxygen atoms in total. The molecule has 2 saturated heterocycles. The van der Waals surface area contributed by atoms with Crippen LogP contribution in [0.3, 0.4) is 0 Å². The number of alkyl halides is 3. The summed E-state index contributed by atoms with van der Waals surface area (Å²) in [5, 5.41) is 2.72. The van der Waals surface area contributed by atoms with Gasteiger partial charge in [0.15, 0.2) is 0 Å². The van der Waals surface area contributed by atoms with E-state index in [2.05, 4.69) is 5.32 Å². The zero-order valence-corrected chi connectivity index (χ0v) is 6.75. The summed E-state index contributed by atoms with van der Waals surface area (Å²) in [4.78, 5) is 0. The van der Waals surface area contributed by atoms with Crippen LogP contribution in [-0.2, 0) is 0 Å². The third-order valence-electron chi connectivity index (χ3n) is 3.10. The van der Waals surface area contributed by atoms with Crippen molar-refractivity contribution in [1.29, 1.82) is 0 Å². The van der Waals surface area contributed by atoms with Crippen molar-refractivity contribution in [2.45, 2.75) is 49.9 Å². The van der Waals surface area contributed by atoms with E-state index in [1.165, 1.54) is 0 Å². The van der Waals surface area contributed by atoms with Crippen LogP contribution in [0, 0.1) is 0 Å². The summed E-state index contributed by atoms with van der Waals surface area (Å²) in [6.45, 7) is 0. The van der Waals surface area contributed by atoms with E-state index in [0.29, 0.717) is 6.42 Å². The van der Waals surface area contributed by atoms with Gasteiger partial charge in [-0.1, -0.05) is 0 Å². The van der Waals surface area contributed by atoms with Crippen molar-refractivity contribution in [2.24, 2.45) is 0 Å². The van der Waals surface area contributed by atoms with Crippen molar-refractivity contribution in [2.75, 3.05) is 0 Å². The largest absolute Gasteiger partial charge is 0.406 e. The first-order valence-corrected chi connectivity index (χ1v) is 4.38. The Labute approximate surface area is 69.3 Å². The molecule has 0 saturated carbocycles. The minimum atomic E-state index is -4.05. The average molecular weight is 179 g/mol. The van der Waals surface area contributed by atoms with Crippen molar-refractivity contribution in [3.8, 4) is 0 Å². The minimum absolute atomic E-state index is 0.125. The fourth-order valence-corrected chi connectivity index (χ4v) is 2.38. The Balaban J connectivity index is 2.21. The molecule has 2 unspecified atom stereocenters. The third-order valence-corrected chi connectivity index (χ3v) is 3.10. The van der Waals surface area contributed by atoms with Crippen LogP contribution in [0.5, 0.6) is 0 Å². The Morgan fingerprint density at radius 2 is 1.92 bits per heavy atom. The Hall–Kier alpha value is -0.250. The first kappa shape index (κ1) is 8.35. The summed E-state index contributed by atoms with van der Waals surface area (Å²) in [5.41, 5.74) is -1.52. The molecular weight excluding hydrogens is 167 g/mol. The Morgan fingerprint density at radius 3 is 2.50 bits per heavy atom. The maximum Gasteiger partial charge on any atom is 0.406 e. The van der Waals surface area contributed by atoms with Gasteiger partial charge in [0, 0.05) is 6.04 Å². The monoisotopic (exact) mass is 179 g/mol. The highest BCUT2D eigenvalue weighted by Gasteiger charge is 2.58. The second-order valence-corrected chi connectivity index (χ2v) is 3.85. The van der Waals surface area contributed by atoms with Gasteiger partial charge in [0.1, 0.15) is 5.54 Å². The Morgan fingerprint density at radius 1 is 1.17 bits per heavy atom. The number of halogens is 3. The van der Waals surface area contributed by atoms with Crippen LogP contribution in [0.4, 0.5) is 13.2 Å². The van der Waals surface area contributed by atoms with E-state index < -0.39 is 11.7 Å². The quantitative estimate of drug-likeness (QED) is 0.601. The summed E-state index contributed by atoms with van der Waals surface area (Å²) in [7, 11) is 0. The highest BCUT2D eigenvalue weighted by atomic mass is 19.4. The van der Waals surface area contributed by atoms with E-state index in [1.54, 1.807) is 0 Å². The van der Waals surface area contributed by atoms with Gasteiger partial charge in [0.2, 0.25) is 0 Å². The lowest BCUT2D eigenvalue weighted by Crippen LogP contribution is -2.56. The molecule has 2 bridgehead atoms. The van der Waals surface area contributed by atoms with Crippen LogP contribution >= 0.6 is 0 Å². The second kappa shape index (κ2) is 2.37. The molecule has 0 aromatic heterocycles. The lowest BCUT2D eigenvalue weighted by Gasteiger charge is -2.36. The van der Waals surface area contributed by atoms with Gasteiger partial charge in [-0.2, -0.15) is 13.2 Å². The number of nitrogens with one attached hydrogen (secondary N) is 1. The zero-order chi connectivity index (χ0) is 8.82. The van der Waals surface area contributed by atoms with E-state index in [9.17, 15) is 13.2 Å². The average Bonchev–Trinajstić information content (AvgIpc) is 2.27. The molecule has 2 fully saturated rings. The topological polar surface area (TPSA) is 12.0 Å². The van der Waals surface area contributed by atoms with Crippen LogP contribution in [0.1, 0.15) is 32.1 Å². The number of hydrogen-bond donors (Lipinski definition) is 1. The number of hydrogen-bond acceptors (Lipinski definition) is 1. The third kappa shape index (κ3) is 1.04. The molecule has 2 rings (SSSR count). The lowest BCUT2D eigenvalue weighted by atomic mass is 9.90. The molecule has 0 amide bonds. The summed E-state index contributed by atoms with van der Waals surface area (Å²) < 4.78 is 37.7. The highest BCUT2D eigenvalue weighted by Crippen LogP contribution is 2.45. The van der Waals surface area contributed by atoms with E-state index in [4.69, 9.17) is 0 Å². The van der Waals surface area contributed by atoms with E-state index in [-0.39, 0.29) is 18.9 Å². The molecular formula is C8H12F3N. The van der Waals surface area contributed by atoms with E-state index in [0.717, 1.165) is 12.8 Å². The van der Waals surface area contributed by atoms with E-state index in [1.807, 2.05) is 0 Å². The van der Waals surface area contributed by atoms with Gasteiger partial charge in [-0.15, -0.1) is 0 Å². The smallest absolute Gasteiger partial charge is 0.301 e. The zero-order valence-electron chi connectivity index (χ0n) is 6.75. The fourth-order valence-electron chi connectivity index (χ4n) is 2.38. The first-order valence-electron chi connectivity index (χ1n) is 4.38. The van der Waals surface area contributed by atoms with Crippen LogP contribution < -0.4 is 5.32 Å². The summed E-state index contributed by atoms with van der Waals surface area (Å²) in [5.74, 6) is 0. The molecule has 70 valence electrons. The maximum atomic E-state index is 12.6.